The molecule has 114 valence electrons. The zero-order chi connectivity index (χ0) is 14.7. The fraction of sp³-hybridized carbons (Fsp3) is 0.867. The van der Waals surface area contributed by atoms with Crippen LogP contribution in [0.1, 0.15) is 45.4 Å². The van der Waals surface area contributed by atoms with Crippen LogP contribution in [0.5, 0.6) is 0 Å². The number of likely N-dealkylation sites (tertiary alicyclic amines) is 1. The Hall–Kier alpha value is -1.10. The van der Waals surface area contributed by atoms with Crippen LogP contribution in [0.4, 0.5) is 0 Å². The number of carbonyl (C=O) groups excluding carboxylic acids is 1. The summed E-state index contributed by atoms with van der Waals surface area (Å²) in [5.74, 6) is -1.51. The number of carboxylic acids is 1. The maximum absolute atomic E-state index is 12.7. The molecule has 0 aromatic heterocycles. The van der Waals surface area contributed by atoms with Crippen LogP contribution in [0.3, 0.4) is 0 Å². The number of hydrogen-bond donors (Lipinski definition) is 2. The normalized spacial score (nSPS) is 34.2. The molecule has 2 aliphatic rings. The Bertz CT molecular complexity index is 371. The Morgan fingerprint density at radius 3 is 2.50 bits per heavy atom. The summed E-state index contributed by atoms with van der Waals surface area (Å²) in [5.41, 5.74) is 0. The van der Waals surface area contributed by atoms with E-state index in [0.717, 1.165) is 25.7 Å². The number of carbonyl (C=O) groups is 2. The van der Waals surface area contributed by atoms with Crippen LogP contribution in [-0.4, -0.2) is 46.2 Å². The molecule has 0 aromatic rings. The molecule has 5 heteroatoms. The van der Waals surface area contributed by atoms with Gasteiger partial charge >= 0.3 is 5.97 Å². The van der Waals surface area contributed by atoms with Crippen LogP contribution in [0.15, 0.2) is 0 Å². The quantitative estimate of drug-likeness (QED) is 0.819. The zero-order valence-corrected chi connectivity index (χ0v) is 12.1. The Morgan fingerprint density at radius 1 is 1.20 bits per heavy atom. The van der Waals surface area contributed by atoms with Crippen LogP contribution in [0.25, 0.3) is 0 Å². The third-order valence-corrected chi connectivity index (χ3v) is 4.99. The number of hydrogen-bond acceptors (Lipinski definition) is 3. The smallest absolute Gasteiger partial charge is 0.307 e. The minimum Gasteiger partial charge on any atom is -0.481 e. The van der Waals surface area contributed by atoms with E-state index in [1.54, 1.807) is 4.90 Å². The van der Waals surface area contributed by atoms with Gasteiger partial charge < -0.3 is 15.1 Å². The van der Waals surface area contributed by atoms with Gasteiger partial charge in [-0.3, -0.25) is 9.59 Å². The molecule has 1 aliphatic carbocycles. The van der Waals surface area contributed by atoms with Crippen molar-refractivity contribution in [3.05, 3.63) is 0 Å². The van der Waals surface area contributed by atoms with Gasteiger partial charge in [0.2, 0.25) is 5.91 Å². The average Bonchev–Trinajstić information content (AvgIpc) is 2.91. The first-order valence-electron chi connectivity index (χ1n) is 7.72. The molecule has 1 saturated heterocycles. The lowest BCUT2D eigenvalue weighted by Gasteiger charge is -2.37. The average molecular weight is 283 g/mol. The molecule has 2 fully saturated rings. The summed E-state index contributed by atoms with van der Waals surface area (Å²) in [5, 5.41) is 18.8. The number of amides is 1. The summed E-state index contributed by atoms with van der Waals surface area (Å²) >= 11 is 0. The molecule has 0 bridgehead atoms. The van der Waals surface area contributed by atoms with Gasteiger partial charge in [-0.2, -0.15) is 0 Å². The second kappa shape index (κ2) is 6.57. The number of rotatable bonds is 4. The molecule has 1 saturated carbocycles. The van der Waals surface area contributed by atoms with Gasteiger partial charge in [-0.15, -0.1) is 0 Å². The molecule has 2 rings (SSSR count). The highest BCUT2D eigenvalue weighted by atomic mass is 16.4. The summed E-state index contributed by atoms with van der Waals surface area (Å²) < 4.78 is 0. The Balaban J connectivity index is 2.11. The summed E-state index contributed by atoms with van der Waals surface area (Å²) in [6.45, 7) is 2.69. The van der Waals surface area contributed by atoms with Crippen LogP contribution in [0.2, 0.25) is 0 Å². The summed E-state index contributed by atoms with van der Waals surface area (Å²) in [6.07, 6.45) is 5.02. The zero-order valence-electron chi connectivity index (χ0n) is 12.1. The molecule has 1 heterocycles. The summed E-state index contributed by atoms with van der Waals surface area (Å²) in [7, 11) is 0. The van der Waals surface area contributed by atoms with Crippen LogP contribution >= 0.6 is 0 Å². The first-order chi connectivity index (χ1) is 9.58. The predicted octanol–water partition coefficient (Wildman–Crippen LogP) is 1.50. The molecule has 2 N–H and O–H groups in total. The van der Waals surface area contributed by atoms with Crippen molar-refractivity contribution in [2.24, 2.45) is 17.8 Å². The first-order valence-corrected chi connectivity index (χ1v) is 7.72. The van der Waals surface area contributed by atoms with Crippen molar-refractivity contribution >= 4 is 11.9 Å². The number of aliphatic hydroxyl groups excluding tert-OH is 1. The largest absolute Gasteiger partial charge is 0.481 e. The van der Waals surface area contributed by atoms with Crippen molar-refractivity contribution in [2.75, 3.05) is 13.2 Å². The first kappa shape index (κ1) is 15.3. The highest BCUT2D eigenvalue weighted by Gasteiger charge is 2.44. The number of aliphatic carboxylic acids is 1. The van der Waals surface area contributed by atoms with Crippen molar-refractivity contribution in [3.63, 3.8) is 0 Å². The minimum absolute atomic E-state index is 0.0204. The van der Waals surface area contributed by atoms with Gasteiger partial charge in [0, 0.05) is 6.54 Å². The Morgan fingerprint density at radius 2 is 1.90 bits per heavy atom. The van der Waals surface area contributed by atoms with Crippen LogP contribution in [-0.2, 0) is 9.59 Å². The third kappa shape index (κ3) is 2.97. The Labute approximate surface area is 120 Å². The van der Waals surface area contributed by atoms with Crippen molar-refractivity contribution in [1.29, 1.82) is 0 Å². The molecule has 5 nitrogen and oxygen atoms in total. The van der Waals surface area contributed by atoms with E-state index in [0.29, 0.717) is 25.3 Å². The molecule has 0 spiro atoms. The number of aliphatic hydroxyl groups is 1. The topological polar surface area (TPSA) is 77.8 Å². The maximum atomic E-state index is 12.7. The SMILES string of the molecule is CCC1C[C@H](C(=O)N2CCCCC2CO)[C@H](C(=O)O)C1. The molecule has 0 aromatic carbocycles. The van der Waals surface area contributed by atoms with E-state index in [1.165, 1.54) is 0 Å². The molecule has 2 unspecified atom stereocenters. The summed E-state index contributed by atoms with van der Waals surface area (Å²) in [6, 6.07) is -0.119. The second-order valence-corrected chi connectivity index (χ2v) is 6.16. The number of piperidine rings is 1. The molecule has 0 radical (unpaired) electrons. The lowest BCUT2D eigenvalue weighted by molar-refractivity contribution is -0.151. The van der Waals surface area contributed by atoms with Crippen molar-refractivity contribution < 1.29 is 19.8 Å². The van der Waals surface area contributed by atoms with E-state index in [2.05, 4.69) is 0 Å². The predicted molar refractivity (Wildman–Crippen MR) is 74.1 cm³/mol. The monoisotopic (exact) mass is 283 g/mol. The van der Waals surface area contributed by atoms with Gasteiger partial charge in [0.15, 0.2) is 0 Å². The molecular formula is C15H25NO4. The van der Waals surface area contributed by atoms with E-state index in [1.807, 2.05) is 6.92 Å². The van der Waals surface area contributed by atoms with Gasteiger partial charge in [0.05, 0.1) is 24.5 Å². The molecular weight excluding hydrogens is 258 g/mol. The standard InChI is InChI=1S/C15H25NO4/c1-2-10-7-12(13(8-10)15(19)20)14(18)16-6-4-3-5-11(16)9-17/h10-13,17H,2-9H2,1H3,(H,19,20)/t10?,11?,12-,13+/m0/s1. The van der Waals surface area contributed by atoms with Crippen molar-refractivity contribution in [3.8, 4) is 0 Å². The highest BCUT2D eigenvalue weighted by Crippen LogP contribution is 2.40. The lowest BCUT2D eigenvalue weighted by atomic mass is 9.92. The van der Waals surface area contributed by atoms with Gasteiger partial charge in [0.25, 0.3) is 0 Å². The number of nitrogens with zero attached hydrogens (tertiary/aromatic N) is 1. The molecule has 20 heavy (non-hydrogen) atoms. The van der Waals surface area contributed by atoms with E-state index in [9.17, 15) is 19.8 Å². The van der Waals surface area contributed by atoms with Gasteiger partial charge in [-0.1, -0.05) is 13.3 Å². The number of carboxylic acid groups (broad SMARTS) is 1. The molecule has 1 aliphatic heterocycles. The molecule has 1 amide bonds. The van der Waals surface area contributed by atoms with Crippen molar-refractivity contribution in [2.45, 2.75) is 51.5 Å². The molecule has 4 atom stereocenters. The van der Waals surface area contributed by atoms with Crippen LogP contribution < -0.4 is 0 Å². The van der Waals surface area contributed by atoms with E-state index in [4.69, 9.17) is 0 Å². The van der Waals surface area contributed by atoms with E-state index >= 15 is 0 Å². The highest BCUT2D eigenvalue weighted by molar-refractivity contribution is 5.85. The minimum atomic E-state index is -0.850. The van der Waals surface area contributed by atoms with Crippen LogP contribution in [0, 0.1) is 17.8 Å². The maximum Gasteiger partial charge on any atom is 0.307 e. The fourth-order valence-corrected chi connectivity index (χ4v) is 3.72. The fourth-order valence-electron chi connectivity index (χ4n) is 3.72. The van der Waals surface area contributed by atoms with Gasteiger partial charge in [-0.25, -0.2) is 0 Å². The van der Waals surface area contributed by atoms with Crippen molar-refractivity contribution in [1.82, 2.24) is 4.90 Å². The van der Waals surface area contributed by atoms with E-state index < -0.39 is 17.8 Å². The van der Waals surface area contributed by atoms with Gasteiger partial charge in [-0.05, 0) is 38.0 Å². The summed E-state index contributed by atoms with van der Waals surface area (Å²) in [4.78, 5) is 25.8. The Kier molecular flexibility index (Phi) is 5.02. The third-order valence-electron chi connectivity index (χ3n) is 4.99. The van der Waals surface area contributed by atoms with Gasteiger partial charge in [0.1, 0.15) is 0 Å². The second-order valence-electron chi connectivity index (χ2n) is 6.16. The lowest BCUT2D eigenvalue weighted by Crippen LogP contribution is -2.49. The van der Waals surface area contributed by atoms with E-state index in [-0.39, 0.29) is 18.6 Å².